The smallest absolute Gasteiger partial charge is 0.246 e. The molecule has 4 N–H and O–H groups in total. The quantitative estimate of drug-likeness (QED) is 0.126. The number of aromatic nitrogens is 1. The minimum Gasteiger partial charge on any atom is -0.370 e. The Morgan fingerprint density at radius 2 is 1.79 bits per heavy atom. The number of fused-ring (bicyclic) bond motifs is 1. The molecule has 0 spiro atoms. The number of piperidine rings is 1. The Bertz CT molecular complexity index is 1800. The summed E-state index contributed by atoms with van der Waals surface area (Å²) in [5, 5.41) is 14.8. The molecule has 2 aliphatic rings. The summed E-state index contributed by atoms with van der Waals surface area (Å²) in [5.74, 6) is -1.40. The average Bonchev–Trinajstić information content (AvgIpc) is 3.64. The van der Waals surface area contributed by atoms with Crippen LogP contribution in [0.5, 0.6) is 0 Å². The third-order valence-electron chi connectivity index (χ3n) is 9.12. The molecule has 0 aliphatic carbocycles. The number of carbonyl (C=O) groups is 4. The number of thiazole rings is 1. The number of nitrogens with one attached hydrogen (secondary N) is 2. The number of guanidine groups is 1. The largest absolute Gasteiger partial charge is 0.370 e. The molecule has 2 saturated heterocycles. The first-order valence-corrected chi connectivity index (χ1v) is 17.0. The van der Waals surface area contributed by atoms with Crippen LogP contribution in [-0.2, 0) is 27.3 Å². The average molecular weight is 666 g/mol. The highest BCUT2D eigenvalue weighted by Gasteiger charge is 2.41. The van der Waals surface area contributed by atoms with E-state index in [1.165, 1.54) is 16.2 Å². The van der Waals surface area contributed by atoms with Gasteiger partial charge in [0.05, 0.1) is 6.04 Å². The van der Waals surface area contributed by atoms with Crippen LogP contribution in [0.2, 0.25) is 0 Å². The summed E-state index contributed by atoms with van der Waals surface area (Å²) in [4.78, 5) is 64.0. The van der Waals surface area contributed by atoms with Crippen molar-refractivity contribution >= 4 is 51.6 Å². The van der Waals surface area contributed by atoms with Crippen LogP contribution >= 0.6 is 11.3 Å². The zero-order valence-electron chi connectivity index (χ0n) is 26.6. The lowest BCUT2D eigenvalue weighted by molar-refractivity contribution is -0.157. The van der Waals surface area contributed by atoms with E-state index in [1.807, 2.05) is 72.8 Å². The van der Waals surface area contributed by atoms with Gasteiger partial charge in [0.15, 0.2) is 11.0 Å². The molecular formula is C36H39N7O4S. The van der Waals surface area contributed by atoms with Crippen LogP contribution in [0.4, 0.5) is 0 Å². The van der Waals surface area contributed by atoms with Gasteiger partial charge in [0.2, 0.25) is 23.5 Å². The van der Waals surface area contributed by atoms with Crippen LogP contribution in [0.1, 0.15) is 40.2 Å². The zero-order chi connectivity index (χ0) is 33.6. The molecule has 2 fully saturated rings. The van der Waals surface area contributed by atoms with E-state index < -0.39 is 18.0 Å². The molecule has 1 aromatic heterocycles. The number of piperazine rings is 1. The van der Waals surface area contributed by atoms with E-state index in [2.05, 4.69) is 10.3 Å². The molecule has 0 saturated carbocycles. The van der Waals surface area contributed by atoms with E-state index in [0.717, 1.165) is 34.7 Å². The minimum atomic E-state index is -0.905. The van der Waals surface area contributed by atoms with E-state index in [9.17, 15) is 19.2 Å². The molecule has 0 unspecified atom stereocenters. The first kappa shape index (κ1) is 32.8. The first-order valence-electron chi connectivity index (χ1n) is 16.2. The number of carbonyl (C=O) groups excluding carboxylic acids is 4. The third kappa shape index (κ3) is 7.71. The number of ketones is 1. The lowest BCUT2D eigenvalue weighted by Gasteiger charge is -2.40. The number of nitrogens with two attached hydrogens (primary N) is 1. The molecule has 2 aliphatic heterocycles. The number of amides is 3. The van der Waals surface area contributed by atoms with Crippen molar-refractivity contribution in [2.24, 2.45) is 11.7 Å². The van der Waals surface area contributed by atoms with Crippen LogP contribution in [0.3, 0.4) is 0 Å². The zero-order valence-corrected chi connectivity index (χ0v) is 27.4. The van der Waals surface area contributed by atoms with Crippen molar-refractivity contribution in [3.63, 3.8) is 0 Å². The molecule has 6 rings (SSSR count). The maximum atomic E-state index is 14.1. The number of hydrogen-bond donors (Lipinski definition) is 3. The normalized spacial score (nSPS) is 19.0. The van der Waals surface area contributed by atoms with Gasteiger partial charge in [0.25, 0.3) is 0 Å². The summed E-state index contributed by atoms with van der Waals surface area (Å²) in [6, 6.07) is 21.6. The van der Waals surface area contributed by atoms with Crippen LogP contribution in [0.25, 0.3) is 10.8 Å². The summed E-state index contributed by atoms with van der Waals surface area (Å²) in [6.45, 7) is 0.946. The Morgan fingerprint density at radius 3 is 2.54 bits per heavy atom. The van der Waals surface area contributed by atoms with Crippen molar-refractivity contribution in [3.05, 3.63) is 101 Å². The molecule has 3 amide bonds. The van der Waals surface area contributed by atoms with Crippen molar-refractivity contribution in [1.29, 1.82) is 5.41 Å². The van der Waals surface area contributed by atoms with Gasteiger partial charge in [-0.05, 0) is 47.1 Å². The molecule has 3 atom stereocenters. The maximum absolute atomic E-state index is 14.1. The summed E-state index contributed by atoms with van der Waals surface area (Å²) in [6.07, 6.45) is 3.76. The molecule has 0 radical (unpaired) electrons. The van der Waals surface area contributed by atoms with Gasteiger partial charge in [-0.3, -0.25) is 24.6 Å². The lowest BCUT2D eigenvalue weighted by Crippen LogP contribution is -2.62. The van der Waals surface area contributed by atoms with E-state index in [-0.39, 0.29) is 60.5 Å². The number of likely N-dealkylation sites (tertiary alicyclic amines) is 1. The van der Waals surface area contributed by atoms with Gasteiger partial charge in [0.1, 0.15) is 19.1 Å². The first-order chi connectivity index (χ1) is 23.2. The second-order valence-electron chi connectivity index (χ2n) is 12.5. The van der Waals surface area contributed by atoms with Gasteiger partial charge >= 0.3 is 0 Å². The second kappa shape index (κ2) is 14.8. The Kier molecular flexibility index (Phi) is 10.1. The van der Waals surface area contributed by atoms with Crippen LogP contribution in [0.15, 0.2) is 84.4 Å². The third-order valence-corrected chi connectivity index (χ3v) is 9.90. The summed E-state index contributed by atoms with van der Waals surface area (Å²) >= 11 is 1.20. The Morgan fingerprint density at radius 1 is 1.02 bits per heavy atom. The number of nitrogens with zero attached hydrogens (tertiary/aromatic N) is 4. The highest BCUT2D eigenvalue weighted by molar-refractivity contribution is 7.11. The molecular weight excluding hydrogens is 627 g/mol. The highest BCUT2D eigenvalue weighted by atomic mass is 32.1. The lowest BCUT2D eigenvalue weighted by atomic mass is 9.90. The maximum Gasteiger partial charge on any atom is 0.246 e. The molecule has 12 heteroatoms. The molecule has 0 bridgehead atoms. The van der Waals surface area contributed by atoms with Crippen molar-refractivity contribution in [2.75, 3.05) is 26.2 Å². The molecule has 248 valence electrons. The minimum absolute atomic E-state index is 0.0152. The topological polar surface area (TPSA) is 153 Å². The predicted molar refractivity (Wildman–Crippen MR) is 184 cm³/mol. The standard InChI is InChI=1S/C36H39N7O4S/c37-36(38)41-15-6-9-26(21-41)18-29(33(46)34-39-14-16-48-34)40-31(44)22-43-30(19-25-12-13-27-10-4-5-11-28(27)17-25)35(47)42(23-32(43)45)20-24-7-2-1-3-8-24/h1-5,7-8,10-14,16-17,26,29-30H,6,9,15,18-23H2,(H3,37,38)(H,40,44)/t26-,29-,30-/m0/s1. The Labute approximate surface area is 283 Å². The predicted octanol–water partition coefficient (Wildman–Crippen LogP) is 3.44. The second-order valence-corrected chi connectivity index (χ2v) is 13.4. The van der Waals surface area contributed by atoms with Crippen LogP contribution in [0, 0.1) is 11.3 Å². The van der Waals surface area contributed by atoms with E-state index in [4.69, 9.17) is 11.1 Å². The SMILES string of the molecule is N=C(N)N1CCC[C@@H](C[C@H](NC(=O)CN2C(=O)CN(Cc3ccccc3)C(=O)[C@@H]2Cc2ccc3ccccc3c2)C(=O)c2nccs2)C1. The van der Waals surface area contributed by atoms with Crippen molar-refractivity contribution < 1.29 is 19.2 Å². The van der Waals surface area contributed by atoms with E-state index in [0.29, 0.717) is 19.5 Å². The molecule has 4 aromatic rings. The van der Waals surface area contributed by atoms with Crippen LogP contribution < -0.4 is 11.1 Å². The molecule has 3 aromatic carbocycles. The van der Waals surface area contributed by atoms with E-state index in [1.54, 1.807) is 21.4 Å². The van der Waals surface area contributed by atoms with Crippen LogP contribution in [-0.4, -0.2) is 87.4 Å². The van der Waals surface area contributed by atoms with Gasteiger partial charge in [-0.2, -0.15) is 0 Å². The fraction of sp³-hybridized carbons (Fsp3) is 0.333. The number of Topliss-reactive ketones (excluding diaryl/α,β-unsaturated/α-hetero) is 1. The molecule has 48 heavy (non-hydrogen) atoms. The fourth-order valence-corrected chi connectivity index (χ4v) is 7.33. The summed E-state index contributed by atoms with van der Waals surface area (Å²) < 4.78 is 0. The number of rotatable bonds is 11. The Balaban J connectivity index is 1.23. The number of hydrogen-bond acceptors (Lipinski definition) is 7. The van der Waals surface area contributed by atoms with Gasteiger partial charge in [-0.15, -0.1) is 11.3 Å². The highest BCUT2D eigenvalue weighted by Crippen LogP contribution is 2.25. The van der Waals surface area contributed by atoms with E-state index >= 15 is 0 Å². The monoisotopic (exact) mass is 665 g/mol. The van der Waals surface area contributed by atoms with Gasteiger partial charge < -0.3 is 25.8 Å². The number of benzene rings is 3. The van der Waals surface area contributed by atoms with Crippen molar-refractivity contribution in [2.45, 2.75) is 44.3 Å². The summed E-state index contributed by atoms with van der Waals surface area (Å²) in [7, 11) is 0. The fourth-order valence-electron chi connectivity index (χ4n) is 6.70. The molecule has 3 heterocycles. The Hall–Kier alpha value is -5.10. The van der Waals surface area contributed by atoms with Crippen molar-refractivity contribution in [3.8, 4) is 0 Å². The van der Waals surface area contributed by atoms with Gasteiger partial charge in [-0.25, -0.2) is 4.98 Å². The van der Waals surface area contributed by atoms with Gasteiger partial charge in [-0.1, -0.05) is 72.8 Å². The molecule has 11 nitrogen and oxygen atoms in total. The van der Waals surface area contributed by atoms with Gasteiger partial charge in [0, 0.05) is 37.6 Å². The summed E-state index contributed by atoms with van der Waals surface area (Å²) in [5.41, 5.74) is 7.53. The van der Waals surface area contributed by atoms with Crippen molar-refractivity contribution in [1.82, 2.24) is 25.0 Å².